The highest BCUT2D eigenvalue weighted by atomic mass is 32.2. The van der Waals surface area contributed by atoms with Gasteiger partial charge in [0.05, 0.1) is 0 Å². The topological polar surface area (TPSA) is 85.3 Å². The zero-order valence-corrected chi connectivity index (χ0v) is 16.0. The maximum Gasteiger partial charge on any atom is 0.328 e. The molecule has 1 fully saturated rings. The van der Waals surface area contributed by atoms with Crippen LogP contribution in [0.15, 0.2) is 63.9 Å². The lowest BCUT2D eigenvalue weighted by molar-refractivity contribution is -0.148. The molecule has 2 aliphatic heterocycles. The summed E-state index contributed by atoms with van der Waals surface area (Å²) in [5, 5.41) is 0. The van der Waals surface area contributed by atoms with Crippen LogP contribution < -0.4 is 4.74 Å². The van der Waals surface area contributed by atoms with Crippen LogP contribution in [-0.4, -0.2) is 50.9 Å². The molecular weight excluding hydrogens is 380 g/mol. The molecule has 0 N–H and O–H groups in total. The molecule has 0 unspecified atom stereocenters. The molecular formula is C20H20N2O5S. The molecule has 146 valence electrons. The van der Waals surface area contributed by atoms with Gasteiger partial charge < -0.3 is 14.4 Å². The van der Waals surface area contributed by atoms with Gasteiger partial charge in [0.1, 0.15) is 29.9 Å². The predicted octanol–water partition coefficient (Wildman–Crippen LogP) is 2.22. The number of esters is 1. The van der Waals surface area contributed by atoms with Crippen molar-refractivity contribution in [1.29, 1.82) is 0 Å². The van der Waals surface area contributed by atoms with Crippen LogP contribution in [0, 0.1) is 0 Å². The van der Waals surface area contributed by atoms with Gasteiger partial charge in [0.15, 0.2) is 5.84 Å². The molecule has 0 saturated carbocycles. The first-order valence-corrected chi connectivity index (χ1v) is 10.6. The monoisotopic (exact) mass is 400 g/mol. The molecule has 1 atom stereocenters. The Hall–Kier alpha value is -2.87. The Kier molecular flexibility index (Phi) is 5.04. The largest absolute Gasteiger partial charge is 0.490 e. The number of ether oxygens (including phenoxy) is 2. The molecule has 7 nitrogen and oxygen atoms in total. The molecule has 0 amide bonds. The minimum absolute atomic E-state index is 0.124. The first kappa shape index (κ1) is 18.5. The summed E-state index contributed by atoms with van der Waals surface area (Å²) in [5.74, 6) is 0.650. The van der Waals surface area contributed by atoms with E-state index < -0.39 is 22.0 Å². The highest BCUT2D eigenvalue weighted by Gasteiger charge is 2.39. The Balaban J connectivity index is 1.41. The van der Waals surface area contributed by atoms with E-state index in [0.717, 1.165) is 6.42 Å². The predicted molar refractivity (Wildman–Crippen MR) is 103 cm³/mol. The Labute approximate surface area is 163 Å². The molecule has 1 saturated heterocycles. The molecule has 2 aromatic carbocycles. The standard InChI is InChI=1S/C20H20N2O5S/c23-20(27-14-13-26-15-7-2-1-3-8-15)17-10-6-12-22(17)19-16-9-4-5-11-18(16)28(24,25)21-19/h1-5,7-9,11,17H,6,10,12-14H2/t17-/m0/s1. The zero-order chi connectivity index (χ0) is 19.6. The van der Waals surface area contributed by atoms with Gasteiger partial charge in [-0.1, -0.05) is 30.3 Å². The lowest BCUT2D eigenvalue weighted by Crippen LogP contribution is -2.41. The number of nitrogens with zero attached hydrogens (tertiary/aromatic N) is 2. The van der Waals surface area contributed by atoms with Crippen molar-refractivity contribution in [3.63, 3.8) is 0 Å². The zero-order valence-electron chi connectivity index (χ0n) is 15.2. The first-order valence-electron chi connectivity index (χ1n) is 9.12. The summed E-state index contributed by atoms with van der Waals surface area (Å²) in [7, 11) is -3.72. The number of carbonyl (C=O) groups excluding carboxylic acids is 1. The van der Waals surface area contributed by atoms with Crippen LogP contribution in [0.2, 0.25) is 0 Å². The number of likely N-dealkylation sites (tertiary alicyclic amines) is 1. The number of carbonyl (C=O) groups is 1. The summed E-state index contributed by atoms with van der Waals surface area (Å²) in [6, 6.07) is 15.4. The van der Waals surface area contributed by atoms with Crippen LogP contribution in [0.4, 0.5) is 0 Å². The number of hydrogen-bond acceptors (Lipinski definition) is 6. The highest BCUT2D eigenvalue weighted by molar-refractivity contribution is 7.90. The van der Waals surface area contributed by atoms with Gasteiger partial charge in [-0.2, -0.15) is 8.42 Å². The van der Waals surface area contributed by atoms with Gasteiger partial charge in [-0.15, -0.1) is 4.40 Å². The third-order valence-electron chi connectivity index (χ3n) is 4.75. The molecule has 0 spiro atoms. The number of benzene rings is 2. The number of rotatable bonds is 5. The molecule has 8 heteroatoms. The van der Waals surface area contributed by atoms with Gasteiger partial charge in [0.2, 0.25) is 0 Å². The average Bonchev–Trinajstić information content (AvgIpc) is 3.29. The van der Waals surface area contributed by atoms with Gasteiger partial charge in [0, 0.05) is 12.1 Å². The van der Waals surface area contributed by atoms with Crippen molar-refractivity contribution in [2.24, 2.45) is 4.40 Å². The van der Waals surface area contributed by atoms with Crippen molar-refractivity contribution >= 4 is 21.8 Å². The fourth-order valence-corrected chi connectivity index (χ4v) is 4.69. The number of para-hydroxylation sites is 1. The number of hydrogen-bond donors (Lipinski definition) is 0. The smallest absolute Gasteiger partial charge is 0.328 e. The summed E-state index contributed by atoms with van der Waals surface area (Å²) in [4.78, 5) is 14.5. The molecule has 28 heavy (non-hydrogen) atoms. The fraction of sp³-hybridized carbons (Fsp3) is 0.300. The second kappa shape index (κ2) is 7.63. The second-order valence-corrected chi connectivity index (χ2v) is 8.14. The van der Waals surface area contributed by atoms with Crippen LogP contribution >= 0.6 is 0 Å². The molecule has 2 aromatic rings. The van der Waals surface area contributed by atoms with E-state index in [4.69, 9.17) is 9.47 Å². The van der Waals surface area contributed by atoms with Crippen molar-refractivity contribution in [2.75, 3.05) is 19.8 Å². The van der Waals surface area contributed by atoms with E-state index in [9.17, 15) is 13.2 Å². The Morgan fingerprint density at radius 1 is 1.07 bits per heavy atom. The molecule has 0 aliphatic carbocycles. The molecule has 0 aromatic heterocycles. The Morgan fingerprint density at radius 2 is 1.82 bits per heavy atom. The van der Waals surface area contributed by atoms with Gasteiger partial charge in [-0.05, 0) is 37.1 Å². The maximum atomic E-state index is 12.6. The number of fused-ring (bicyclic) bond motifs is 1. The van der Waals surface area contributed by atoms with E-state index in [1.807, 2.05) is 30.3 Å². The van der Waals surface area contributed by atoms with Crippen LogP contribution in [0.25, 0.3) is 0 Å². The first-order chi connectivity index (χ1) is 13.6. The van der Waals surface area contributed by atoms with E-state index in [2.05, 4.69) is 4.40 Å². The third kappa shape index (κ3) is 3.60. The Morgan fingerprint density at radius 3 is 2.64 bits per heavy atom. The van der Waals surface area contributed by atoms with Crippen molar-refractivity contribution < 1.29 is 22.7 Å². The lowest BCUT2D eigenvalue weighted by atomic mass is 10.1. The van der Waals surface area contributed by atoms with E-state index in [-0.39, 0.29) is 18.1 Å². The second-order valence-electron chi connectivity index (χ2n) is 6.57. The lowest BCUT2D eigenvalue weighted by Gasteiger charge is -2.24. The normalized spacial score (nSPS) is 19.8. The fourth-order valence-electron chi connectivity index (χ4n) is 3.48. The SMILES string of the molecule is O=C(OCCOc1ccccc1)[C@@H]1CCCN1C1=NS(=O)(=O)c2ccccc21. The average molecular weight is 400 g/mol. The van der Waals surface area contributed by atoms with Crippen LogP contribution in [0.1, 0.15) is 18.4 Å². The summed E-state index contributed by atoms with van der Waals surface area (Å²) in [5.41, 5.74) is 0.537. The van der Waals surface area contributed by atoms with Crippen molar-refractivity contribution in [3.8, 4) is 5.75 Å². The van der Waals surface area contributed by atoms with E-state index in [1.54, 1.807) is 23.1 Å². The minimum atomic E-state index is -3.72. The van der Waals surface area contributed by atoms with Gasteiger partial charge in [0.25, 0.3) is 10.0 Å². The van der Waals surface area contributed by atoms with Crippen molar-refractivity contribution in [1.82, 2.24) is 4.90 Å². The summed E-state index contributed by atoms with van der Waals surface area (Å²) >= 11 is 0. The van der Waals surface area contributed by atoms with Crippen molar-refractivity contribution in [3.05, 3.63) is 60.2 Å². The Bertz CT molecular complexity index is 1000. The van der Waals surface area contributed by atoms with Crippen LogP contribution in [-0.2, 0) is 19.6 Å². The van der Waals surface area contributed by atoms with E-state index >= 15 is 0 Å². The quantitative estimate of drug-likeness (QED) is 0.565. The molecule has 2 heterocycles. The molecule has 0 radical (unpaired) electrons. The summed E-state index contributed by atoms with van der Waals surface area (Å²) in [6.07, 6.45) is 1.36. The van der Waals surface area contributed by atoms with Crippen LogP contribution in [0.3, 0.4) is 0 Å². The maximum absolute atomic E-state index is 12.6. The van der Waals surface area contributed by atoms with Crippen molar-refractivity contribution in [2.45, 2.75) is 23.8 Å². The van der Waals surface area contributed by atoms with E-state index in [1.165, 1.54) is 6.07 Å². The van der Waals surface area contributed by atoms with Gasteiger partial charge in [-0.25, -0.2) is 4.79 Å². The number of sulfonamides is 1. The van der Waals surface area contributed by atoms with Gasteiger partial charge in [-0.3, -0.25) is 0 Å². The molecule has 4 rings (SSSR count). The van der Waals surface area contributed by atoms with E-state index in [0.29, 0.717) is 30.1 Å². The summed E-state index contributed by atoms with van der Waals surface area (Å²) < 4.78 is 39.4. The van der Waals surface area contributed by atoms with Crippen LogP contribution in [0.5, 0.6) is 5.75 Å². The molecule has 0 bridgehead atoms. The summed E-state index contributed by atoms with van der Waals surface area (Å²) in [6.45, 7) is 0.934. The highest BCUT2D eigenvalue weighted by Crippen LogP contribution is 2.31. The number of amidine groups is 1. The van der Waals surface area contributed by atoms with Gasteiger partial charge >= 0.3 is 5.97 Å². The third-order valence-corrected chi connectivity index (χ3v) is 6.07. The minimum Gasteiger partial charge on any atom is -0.490 e. The molecule has 2 aliphatic rings.